The summed E-state index contributed by atoms with van der Waals surface area (Å²) < 4.78 is 0.355. The lowest BCUT2D eigenvalue weighted by Crippen LogP contribution is -2.54. The summed E-state index contributed by atoms with van der Waals surface area (Å²) >= 11 is 6.40. The lowest BCUT2D eigenvalue weighted by molar-refractivity contribution is 1.08. The number of allylic oxidation sites excluding steroid dienone is 6. The zero-order valence-electron chi connectivity index (χ0n) is 21.9. The average molecular weight is 519 g/mol. The molecule has 0 fully saturated rings. The van der Waals surface area contributed by atoms with Crippen molar-refractivity contribution in [2.24, 2.45) is 0 Å². The Morgan fingerprint density at radius 2 is 1.09 bits per heavy atom. The molecule has 2 aromatic carbocycles. The molecule has 0 heterocycles. The predicted molar refractivity (Wildman–Crippen MR) is 161 cm³/mol. The molecule has 4 heteroatoms. The molecule has 2 aromatic rings. The van der Waals surface area contributed by atoms with Crippen molar-refractivity contribution >= 4 is 46.8 Å². The van der Waals surface area contributed by atoms with Gasteiger partial charge < -0.3 is 0 Å². The topological polar surface area (TPSA) is 0 Å². The van der Waals surface area contributed by atoms with Gasteiger partial charge >= 0.3 is 0 Å². The Hall–Kier alpha value is -1.66. The third-order valence-electron chi connectivity index (χ3n) is 8.20. The Labute approximate surface area is 214 Å². The van der Waals surface area contributed by atoms with Crippen molar-refractivity contribution in [1.29, 1.82) is 0 Å². The van der Waals surface area contributed by atoms with E-state index in [0.29, 0.717) is 4.66 Å². The fourth-order valence-electron chi connectivity index (χ4n) is 5.93. The van der Waals surface area contributed by atoms with Gasteiger partial charge in [-0.15, -0.1) is 0 Å². The van der Waals surface area contributed by atoms with Crippen molar-refractivity contribution < 1.29 is 0 Å². The maximum absolute atomic E-state index is 6.40. The van der Waals surface area contributed by atoms with Gasteiger partial charge in [-0.25, -0.2) is 0 Å². The van der Waals surface area contributed by atoms with Gasteiger partial charge in [0.2, 0.25) is 0 Å². The van der Waals surface area contributed by atoms with Gasteiger partial charge in [0.1, 0.15) is 0 Å². The number of rotatable bonds is 4. The molecule has 0 saturated heterocycles. The van der Waals surface area contributed by atoms with Crippen molar-refractivity contribution in [2.75, 3.05) is 0 Å². The molecule has 3 aliphatic rings. The first-order chi connectivity index (χ1) is 15.9. The van der Waals surface area contributed by atoms with E-state index in [1.165, 1.54) is 33.9 Å². The lowest BCUT2D eigenvalue weighted by Gasteiger charge is -2.49. The maximum Gasteiger partial charge on any atom is 0.177 e. The normalized spacial score (nSPS) is 18.1. The number of benzene rings is 2. The molecule has 0 spiro atoms. The predicted octanol–water partition coefficient (Wildman–Crippen LogP) is 9.23. The molecule has 0 saturated carbocycles. The highest BCUT2D eigenvalue weighted by Gasteiger charge is 2.54. The van der Waals surface area contributed by atoms with Crippen LogP contribution in [-0.2, 0) is 12.8 Å². The van der Waals surface area contributed by atoms with Gasteiger partial charge in [0.15, 0.2) is 7.38 Å². The number of hydrogen-bond acceptors (Lipinski definition) is 0. The maximum atomic E-state index is 6.40. The molecule has 0 atom stereocenters. The molecule has 0 amide bonds. The number of halogens is 1. The largest absolute Gasteiger partial charge is 0.177 e. The average Bonchev–Trinajstić information content (AvgIpc) is 3.51. The quantitative estimate of drug-likeness (QED) is 0.279. The molecule has 0 radical (unpaired) electrons. The van der Waals surface area contributed by atoms with Crippen molar-refractivity contribution in [3.63, 3.8) is 0 Å². The highest BCUT2D eigenvalue weighted by atomic mass is 35.6. The van der Waals surface area contributed by atoms with Gasteiger partial charge in [0.25, 0.3) is 0 Å². The van der Waals surface area contributed by atoms with E-state index in [1.54, 1.807) is 5.20 Å². The van der Waals surface area contributed by atoms with Gasteiger partial charge in [-0.3, -0.25) is 0 Å². The summed E-state index contributed by atoms with van der Waals surface area (Å²) in [5.41, 5.74) is 5.76. The monoisotopic (exact) mass is 518 g/mol. The van der Waals surface area contributed by atoms with Crippen LogP contribution in [0.1, 0.15) is 22.3 Å². The fourth-order valence-corrected chi connectivity index (χ4v) is 19.3. The van der Waals surface area contributed by atoms with Gasteiger partial charge in [-0.2, -0.15) is 11.1 Å². The number of hydrogen-bond donors (Lipinski definition) is 0. The molecule has 0 nitrogen and oxygen atoms in total. The van der Waals surface area contributed by atoms with E-state index in [-0.39, 0.29) is 0 Å². The van der Waals surface area contributed by atoms with Gasteiger partial charge in [0.05, 0.1) is 16.1 Å². The Bertz CT molecular complexity index is 1190. The zero-order valence-corrected chi connectivity index (χ0v) is 25.6. The Morgan fingerprint density at radius 1 is 0.647 bits per heavy atom. The first-order valence-electron chi connectivity index (χ1n) is 12.5. The van der Waals surface area contributed by atoms with Crippen LogP contribution in [0.2, 0.25) is 50.5 Å². The zero-order chi connectivity index (χ0) is 24.8. The van der Waals surface area contributed by atoms with E-state index in [2.05, 4.69) is 131 Å². The van der Waals surface area contributed by atoms with Crippen LogP contribution in [0.5, 0.6) is 0 Å². The molecule has 178 valence electrons. The second-order valence-corrected chi connectivity index (χ2v) is 29.0. The summed E-state index contributed by atoms with van der Waals surface area (Å²) in [5, 5.41) is 3.18. The molecule has 0 N–H and O–H groups in total. The third kappa shape index (κ3) is 4.60. The minimum absolute atomic E-state index is 0.355. The van der Waals surface area contributed by atoms with E-state index in [1.807, 2.05) is 0 Å². The van der Waals surface area contributed by atoms with Crippen molar-refractivity contribution in [1.82, 2.24) is 0 Å². The summed E-state index contributed by atoms with van der Waals surface area (Å²) in [4.78, 5) is 0. The van der Waals surface area contributed by atoms with Gasteiger partial charge in [0, 0.05) is 4.66 Å². The fraction of sp³-hybridized carbons (Fsp3) is 0.333. The van der Waals surface area contributed by atoms with Crippen LogP contribution in [-0.4, -0.2) is 23.5 Å². The van der Waals surface area contributed by atoms with Crippen LogP contribution in [0.25, 0.3) is 12.2 Å². The van der Waals surface area contributed by atoms with Crippen LogP contribution >= 0.6 is 11.1 Å². The van der Waals surface area contributed by atoms with Crippen LogP contribution in [0.4, 0.5) is 0 Å². The summed E-state index contributed by atoms with van der Waals surface area (Å²) in [7, 11) is -4.49. The minimum Gasteiger partial charge on any atom is -0.162 e. The second kappa shape index (κ2) is 9.09. The summed E-state index contributed by atoms with van der Waals surface area (Å²) in [6, 6.07) is 17.4. The molecular formula is C30H39ClSi3. The standard InChI is InChI=1S/C19H26Si2.C11H13ClSi/c1-20(2,3)19(12-8-9-13-19)21(4,5)18-14-16-10-6-7-11-17(16)15-18;1-13(2,12)11-7-9-5-3-4-6-10(9)8-11/h6-14H,15H2,1-5H3;3-7H,8H2,1-2H3. The highest BCUT2D eigenvalue weighted by Crippen LogP contribution is 2.55. The Morgan fingerprint density at radius 3 is 1.53 bits per heavy atom. The highest BCUT2D eigenvalue weighted by molar-refractivity contribution is 7.23. The van der Waals surface area contributed by atoms with E-state index in [0.717, 1.165) is 6.42 Å². The van der Waals surface area contributed by atoms with E-state index in [9.17, 15) is 0 Å². The smallest absolute Gasteiger partial charge is 0.162 e. The third-order valence-corrected chi connectivity index (χ3v) is 22.0. The molecule has 0 bridgehead atoms. The van der Waals surface area contributed by atoms with Gasteiger partial charge in [-0.05, 0) is 35.1 Å². The molecular weight excluding hydrogens is 480 g/mol. The summed E-state index contributed by atoms with van der Waals surface area (Å²) in [6.07, 6.45) is 16.7. The summed E-state index contributed by atoms with van der Waals surface area (Å²) in [6.45, 7) is 17.1. The van der Waals surface area contributed by atoms with Crippen molar-refractivity contribution in [3.8, 4) is 0 Å². The first kappa shape index (κ1) is 25.4. The SMILES string of the molecule is C[Si](C)(C)C1([Si](C)(C)C2=Cc3ccccc3C2)C=CC=C1.C[Si](C)(Cl)C1=Cc2ccccc2C1. The molecule has 3 aliphatic carbocycles. The molecule has 5 rings (SSSR count). The van der Waals surface area contributed by atoms with Crippen LogP contribution < -0.4 is 0 Å². The van der Waals surface area contributed by atoms with E-state index < -0.39 is 23.5 Å². The van der Waals surface area contributed by atoms with Crippen molar-refractivity contribution in [3.05, 3.63) is 105 Å². The van der Waals surface area contributed by atoms with Crippen LogP contribution in [0.15, 0.2) is 83.2 Å². The molecule has 34 heavy (non-hydrogen) atoms. The molecule has 0 aromatic heterocycles. The Kier molecular flexibility index (Phi) is 6.80. The van der Waals surface area contributed by atoms with Crippen LogP contribution in [0, 0.1) is 0 Å². The first-order valence-corrected chi connectivity index (χ1v) is 23.0. The second-order valence-electron chi connectivity index (χ2n) is 12.0. The molecule has 0 unspecified atom stereocenters. The van der Waals surface area contributed by atoms with E-state index >= 15 is 0 Å². The van der Waals surface area contributed by atoms with E-state index in [4.69, 9.17) is 11.1 Å². The van der Waals surface area contributed by atoms with Crippen LogP contribution in [0.3, 0.4) is 0 Å². The minimum atomic E-state index is -1.59. The Balaban J connectivity index is 0.000000180. The number of fused-ring (bicyclic) bond motifs is 2. The molecule has 0 aliphatic heterocycles. The summed E-state index contributed by atoms with van der Waals surface area (Å²) in [5.74, 6) is 0. The van der Waals surface area contributed by atoms with Crippen molar-refractivity contribution in [2.45, 2.75) is 63.3 Å². The van der Waals surface area contributed by atoms with Gasteiger partial charge in [-0.1, -0.05) is 141 Å². The lowest BCUT2D eigenvalue weighted by atomic mass is 10.1.